The summed E-state index contributed by atoms with van der Waals surface area (Å²) in [6.07, 6.45) is -5.67. The summed E-state index contributed by atoms with van der Waals surface area (Å²) in [5.41, 5.74) is -1.96. The molecule has 1 N–H and O–H groups in total. The number of aliphatic hydroxyl groups excluding tert-OH is 1. The van der Waals surface area contributed by atoms with Crippen LogP contribution in [0.1, 0.15) is 30.6 Å². The van der Waals surface area contributed by atoms with Crippen molar-refractivity contribution in [3.05, 3.63) is 58.7 Å². The fraction of sp³-hybridized carbons (Fsp3) is 0.235. The van der Waals surface area contributed by atoms with Crippen LogP contribution in [-0.4, -0.2) is 18.5 Å². The summed E-state index contributed by atoms with van der Waals surface area (Å²) in [6, 6.07) is 4.54. The van der Waals surface area contributed by atoms with Crippen molar-refractivity contribution >= 4 is 15.5 Å². The minimum Gasteiger partial charge on any atom is -0.458 e. The van der Waals surface area contributed by atoms with Gasteiger partial charge in [0.1, 0.15) is 23.4 Å². The molecule has 0 fully saturated rings. The van der Waals surface area contributed by atoms with Gasteiger partial charge in [0.15, 0.2) is 5.69 Å². The zero-order chi connectivity index (χ0) is 20.1. The fourth-order valence-corrected chi connectivity index (χ4v) is 4.45. The molecule has 2 aromatic rings. The predicted octanol–water partition coefficient (Wildman–Crippen LogP) is 4.61. The lowest BCUT2D eigenvalue weighted by Crippen LogP contribution is -2.30. The number of benzene rings is 2. The molecule has 2 unspecified atom stereocenters. The monoisotopic (exact) mass is 401 g/mol. The van der Waals surface area contributed by atoms with Crippen LogP contribution >= 0.6 is 0 Å². The predicted molar refractivity (Wildman–Crippen MR) is 85.8 cm³/mol. The standard InChI is InChI=1S/C17H11F4NO4S/c1-17(21)15(23)14-12(27(17,24)25)4-3-11(13(14)16(19)20)26-10-6-8(18)5-9(7-10)22-2/h3-7,15-16,23H,1H3. The normalized spacial score (nSPS) is 23.1. The molecule has 0 aromatic heterocycles. The van der Waals surface area contributed by atoms with Gasteiger partial charge in [0, 0.05) is 11.6 Å². The third-order valence-electron chi connectivity index (χ3n) is 4.22. The van der Waals surface area contributed by atoms with E-state index >= 15 is 0 Å². The Bertz CT molecular complexity index is 1080. The Hall–Kier alpha value is -2.64. The number of aliphatic hydroxyl groups is 1. The lowest BCUT2D eigenvalue weighted by molar-refractivity contribution is 0.0596. The summed E-state index contributed by atoms with van der Waals surface area (Å²) in [4.78, 5) is 2.25. The van der Waals surface area contributed by atoms with Crippen molar-refractivity contribution in [2.24, 2.45) is 0 Å². The van der Waals surface area contributed by atoms with Gasteiger partial charge >= 0.3 is 0 Å². The highest BCUT2D eigenvalue weighted by Gasteiger charge is 2.57. The van der Waals surface area contributed by atoms with Gasteiger partial charge in [-0.05, 0) is 31.2 Å². The quantitative estimate of drug-likeness (QED) is 0.602. The maximum atomic E-state index is 14.5. The largest absolute Gasteiger partial charge is 0.458 e. The summed E-state index contributed by atoms with van der Waals surface area (Å²) < 4.78 is 84.9. The van der Waals surface area contributed by atoms with Crippen LogP contribution in [0, 0.1) is 12.4 Å². The highest BCUT2D eigenvalue weighted by molar-refractivity contribution is 7.93. The van der Waals surface area contributed by atoms with E-state index in [0.29, 0.717) is 6.92 Å². The number of rotatable bonds is 3. The van der Waals surface area contributed by atoms with E-state index in [9.17, 15) is 31.1 Å². The van der Waals surface area contributed by atoms with Crippen molar-refractivity contribution in [3.8, 4) is 11.5 Å². The number of fused-ring (bicyclic) bond motifs is 1. The number of hydrogen-bond acceptors (Lipinski definition) is 4. The Morgan fingerprint density at radius 1 is 1.30 bits per heavy atom. The van der Waals surface area contributed by atoms with E-state index in [1.807, 2.05) is 0 Å². The smallest absolute Gasteiger partial charge is 0.267 e. The van der Waals surface area contributed by atoms with Gasteiger partial charge in [-0.1, -0.05) is 0 Å². The van der Waals surface area contributed by atoms with Crippen LogP contribution < -0.4 is 4.74 Å². The van der Waals surface area contributed by atoms with Gasteiger partial charge in [-0.25, -0.2) is 30.8 Å². The molecule has 3 rings (SSSR count). The molecule has 0 spiro atoms. The number of hydrogen-bond donors (Lipinski definition) is 1. The average molecular weight is 401 g/mol. The molecule has 1 heterocycles. The molecule has 0 saturated carbocycles. The van der Waals surface area contributed by atoms with Crippen LogP contribution in [0.2, 0.25) is 0 Å². The lowest BCUT2D eigenvalue weighted by Gasteiger charge is -2.19. The first kappa shape index (κ1) is 19.1. The van der Waals surface area contributed by atoms with Crippen LogP contribution in [-0.2, 0) is 9.84 Å². The Morgan fingerprint density at radius 3 is 2.56 bits per heavy atom. The topological polar surface area (TPSA) is 68.0 Å². The molecule has 0 radical (unpaired) electrons. The molecule has 0 amide bonds. The van der Waals surface area contributed by atoms with E-state index in [2.05, 4.69) is 4.85 Å². The zero-order valence-electron chi connectivity index (χ0n) is 13.6. The molecule has 2 aromatic carbocycles. The van der Waals surface area contributed by atoms with Gasteiger partial charge in [0.05, 0.1) is 17.0 Å². The van der Waals surface area contributed by atoms with E-state index < -0.39 is 55.0 Å². The molecule has 0 aliphatic carbocycles. The third kappa shape index (κ3) is 2.83. The number of halogens is 4. The van der Waals surface area contributed by atoms with E-state index in [0.717, 1.165) is 30.3 Å². The van der Waals surface area contributed by atoms with Crippen molar-refractivity contribution in [2.75, 3.05) is 0 Å². The second-order valence-corrected chi connectivity index (χ2v) is 8.19. The number of nitrogens with zero attached hydrogens (tertiary/aromatic N) is 1. The Balaban J connectivity index is 2.20. The van der Waals surface area contributed by atoms with E-state index in [1.165, 1.54) is 0 Å². The minimum absolute atomic E-state index is 0.149. The molecule has 10 heteroatoms. The Labute approximate surface area is 151 Å². The second kappa shape index (κ2) is 6.21. The number of alkyl halides is 3. The minimum atomic E-state index is -4.70. The maximum Gasteiger partial charge on any atom is 0.267 e. The van der Waals surface area contributed by atoms with Crippen LogP contribution in [0.15, 0.2) is 35.2 Å². The third-order valence-corrected chi connectivity index (χ3v) is 6.42. The van der Waals surface area contributed by atoms with Crippen molar-refractivity contribution < 1.29 is 35.8 Å². The molecule has 1 aliphatic heterocycles. The molecule has 1 aliphatic rings. The summed E-state index contributed by atoms with van der Waals surface area (Å²) in [5, 5.41) is 6.86. The molecule has 2 atom stereocenters. The van der Waals surface area contributed by atoms with Crippen LogP contribution in [0.5, 0.6) is 11.5 Å². The van der Waals surface area contributed by atoms with Crippen molar-refractivity contribution in [3.63, 3.8) is 0 Å². The molecular weight excluding hydrogens is 390 g/mol. The Kier molecular flexibility index (Phi) is 4.40. The first-order chi connectivity index (χ1) is 12.5. The summed E-state index contributed by atoms with van der Waals surface area (Å²) >= 11 is 0. The van der Waals surface area contributed by atoms with Crippen molar-refractivity contribution in [1.82, 2.24) is 0 Å². The first-order valence-corrected chi connectivity index (χ1v) is 8.91. The summed E-state index contributed by atoms with van der Waals surface area (Å²) in [5.74, 6) is -1.73. The molecule has 0 saturated heterocycles. The number of ether oxygens (including phenoxy) is 1. The van der Waals surface area contributed by atoms with Gasteiger partial charge < -0.3 is 9.84 Å². The zero-order valence-corrected chi connectivity index (χ0v) is 14.4. The second-order valence-electron chi connectivity index (χ2n) is 5.94. The molecule has 5 nitrogen and oxygen atoms in total. The van der Waals surface area contributed by atoms with Gasteiger partial charge in [-0.15, -0.1) is 0 Å². The van der Waals surface area contributed by atoms with E-state index in [-0.39, 0.29) is 11.4 Å². The highest BCUT2D eigenvalue weighted by atomic mass is 32.2. The van der Waals surface area contributed by atoms with E-state index in [1.54, 1.807) is 0 Å². The van der Waals surface area contributed by atoms with Gasteiger partial charge in [-0.3, -0.25) is 0 Å². The number of sulfone groups is 1. The van der Waals surface area contributed by atoms with Gasteiger partial charge in [0.2, 0.25) is 14.8 Å². The molecular formula is C17H11F4NO4S. The van der Waals surface area contributed by atoms with Crippen molar-refractivity contribution in [1.29, 1.82) is 0 Å². The van der Waals surface area contributed by atoms with Gasteiger partial charge in [-0.2, -0.15) is 0 Å². The molecule has 142 valence electrons. The Morgan fingerprint density at radius 2 is 1.96 bits per heavy atom. The molecule has 0 bridgehead atoms. The van der Waals surface area contributed by atoms with Crippen molar-refractivity contribution in [2.45, 2.75) is 29.3 Å². The highest BCUT2D eigenvalue weighted by Crippen LogP contribution is 2.53. The maximum absolute atomic E-state index is 14.5. The molecule has 27 heavy (non-hydrogen) atoms. The first-order valence-electron chi connectivity index (χ1n) is 7.43. The summed E-state index contributed by atoms with van der Waals surface area (Å²) in [6.45, 7) is 7.46. The van der Waals surface area contributed by atoms with Crippen LogP contribution in [0.3, 0.4) is 0 Å². The van der Waals surface area contributed by atoms with Crippen LogP contribution in [0.25, 0.3) is 4.85 Å². The van der Waals surface area contributed by atoms with Gasteiger partial charge in [0.25, 0.3) is 6.43 Å². The summed E-state index contributed by atoms with van der Waals surface area (Å²) in [7, 11) is -4.70. The SMILES string of the molecule is [C-]#[N+]c1cc(F)cc(Oc2ccc3c(c2C(F)F)C(O)C(C)(F)S3(=O)=O)c1. The van der Waals surface area contributed by atoms with Crippen LogP contribution in [0.4, 0.5) is 23.2 Å². The van der Waals surface area contributed by atoms with E-state index in [4.69, 9.17) is 11.3 Å². The fourth-order valence-electron chi connectivity index (χ4n) is 2.85. The average Bonchev–Trinajstić information content (AvgIpc) is 2.71. The lowest BCUT2D eigenvalue weighted by atomic mass is 9.99.